The van der Waals surface area contributed by atoms with Crippen LogP contribution in [0.15, 0.2) is 0 Å². The van der Waals surface area contributed by atoms with Crippen molar-refractivity contribution in [3.05, 3.63) is 0 Å². The molecule has 0 saturated heterocycles. The molecule has 0 aromatic carbocycles. The molecule has 1 rings (SSSR count). The zero-order valence-corrected chi connectivity index (χ0v) is 11.1. The molecular weight excluding hydrogens is 230 g/mol. The van der Waals surface area contributed by atoms with Gasteiger partial charge in [-0.25, -0.2) is 0 Å². The predicted molar refractivity (Wildman–Crippen MR) is 66.5 cm³/mol. The summed E-state index contributed by atoms with van der Waals surface area (Å²) in [6, 6.07) is 2.18. The molecular formula is C14H21NO3. The molecule has 1 aliphatic rings. The molecule has 1 fully saturated rings. The van der Waals surface area contributed by atoms with E-state index in [4.69, 9.17) is 10.00 Å². The summed E-state index contributed by atoms with van der Waals surface area (Å²) in [7, 11) is 0. The van der Waals surface area contributed by atoms with Gasteiger partial charge in [-0.15, -0.1) is 0 Å². The van der Waals surface area contributed by atoms with E-state index in [-0.39, 0.29) is 23.6 Å². The Balaban J connectivity index is 2.46. The maximum Gasteiger partial charge on any atom is 0.302 e. The Morgan fingerprint density at radius 3 is 2.89 bits per heavy atom. The van der Waals surface area contributed by atoms with Crippen LogP contribution in [0.25, 0.3) is 0 Å². The van der Waals surface area contributed by atoms with Crippen molar-refractivity contribution in [2.75, 3.05) is 6.61 Å². The Kier molecular flexibility index (Phi) is 5.84. The zero-order chi connectivity index (χ0) is 13.5. The molecule has 4 nitrogen and oxygen atoms in total. The van der Waals surface area contributed by atoms with Crippen molar-refractivity contribution in [3.63, 3.8) is 0 Å². The average Bonchev–Trinajstić information content (AvgIpc) is 2.26. The second-order valence-electron chi connectivity index (χ2n) is 5.22. The third-order valence-electron chi connectivity index (χ3n) is 3.56. The van der Waals surface area contributed by atoms with Gasteiger partial charge >= 0.3 is 5.97 Å². The van der Waals surface area contributed by atoms with Gasteiger partial charge < -0.3 is 4.74 Å². The summed E-state index contributed by atoms with van der Waals surface area (Å²) in [6.45, 7) is 3.82. The molecule has 0 spiro atoms. The summed E-state index contributed by atoms with van der Waals surface area (Å²) < 4.78 is 4.87. The van der Waals surface area contributed by atoms with Crippen LogP contribution in [0.5, 0.6) is 0 Å². The minimum absolute atomic E-state index is 0.0172. The second kappa shape index (κ2) is 7.15. The quantitative estimate of drug-likeness (QED) is 0.556. The Bertz CT molecular complexity index is 345. The van der Waals surface area contributed by atoms with E-state index in [0.717, 1.165) is 12.8 Å². The molecule has 18 heavy (non-hydrogen) atoms. The van der Waals surface area contributed by atoms with E-state index in [1.807, 2.05) is 0 Å². The number of rotatable bonds is 5. The molecule has 0 heterocycles. The lowest BCUT2D eigenvalue weighted by atomic mass is 9.71. The maximum absolute atomic E-state index is 12.0. The van der Waals surface area contributed by atoms with Crippen molar-refractivity contribution in [1.29, 1.82) is 5.26 Å². The number of Topliss-reactive ketones (excluding diaryl/α,β-unsaturated/α-hetero) is 1. The SMILES string of the molecule is CC(=O)OCCC[C@H]1C(=O)C[C@H](C)C[C@H]1CC#N. The highest BCUT2D eigenvalue weighted by Gasteiger charge is 2.34. The first kappa shape index (κ1) is 14.7. The molecule has 0 aromatic heterocycles. The van der Waals surface area contributed by atoms with Crippen molar-refractivity contribution in [2.45, 2.75) is 46.0 Å². The third-order valence-corrected chi connectivity index (χ3v) is 3.56. The van der Waals surface area contributed by atoms with Gasteiger partial charge in [-0.05, 0) is 31.1 Å². The Morgan fingerprint density at radius 2 is 2.28 bits per heavy atom. The lowest BCUT2D eigenvalue weighted by molar-refractivity contribution is -0.141. The zero-order valence-electron chi connectivity index (χ0n) is 11.1. The minimum Gasteiger partial charge on any atom is -0.466 e. The fourth-order valence-corrected chi connectivity index (χ4v) is 2.78. The number of ether oxygens (including phenoxy) is 1. The Labute approximate surface area is 108 Å². The first-order valence-corrected chi connectivity index (χ1v) is 6.57. The molecule has 3 atom stereocenters. The number of hydrogen-bond acceptors (Lipinski definition) is 4. The molecule has 0 N–H and O–H groups in total. The number of nitrogens with zero attached hydrogens (tertiary/aromatic N) is 1. The topological polar surface area (TPSA) is 67.2 Å². The summed E-state index contributed by atoms with van der Waals surface area (Å²) in [5, 5.41) is 8.82. The van der Waals surface area contributed by atoms with Gasteiger partial charge in [-0.2, -0.15) is 5.26 Å². The summed E-state index contributed by atoms with van der Waals surface area (Å²) >= 11 is 0. The standard InChI is InChI=1S/C14H21NO3/c1-10-8-12(5-6-15)13(14(17)9-10)4-3-7-18-11(2)16/h10,12-13H,3-5,7-9H2,1-2H3/t10-,12-,13-/m1/s1. The van der Waals surface area contributed by atoms with Gasteiger partial charge in [0.15, 0.2) is 0 Å². The molecule has 0 unspecified atom stereocenters. The van der Waals surface area contributed by atoms with E-state index in [2.05, 4.69) is 13.0 Å². The molecule has 0 aliphatic heterocycles. The predicted octanol–water partition coefficient (Wildman–Crippen LogP) is 2.47. The van der Waals surface area contributed by atoms with Crippen molar-refractivity contribution in [3.8, 4) is 6.07 Å². The average molecular weight is 251 g/mol. The number of hydrogen-bond donors (Lipinski definition) is 0. The number of esters is 1. The van der Waals surface area contributed by atoms with Crippen molar-refractivity contribution in [1.82, 2.24) is 0 Å². The highest BCUT2D eigenvalue weighted by molar-refractivity contribution is 5.82. The summed E-state index contributed by atoms with van der Waals surface area (Å²) in [4.78, 5) is 22.6. The van der Waals surface area contributed by atoms with Gasteiger partial charge in [0, 0.05) is 25.7 Å². The van der Waals surface area contributed by atoms with Crippen LogP contribution < -0.4 is 0 Å². The van der Waals surface area contributed by atoms with Gasteiger partial charge in [0.2, 0.25) is 0 Å². The maximum atomic E-state index is 12.0. The van der Waals surface area contributed by atoms with Gasteiger partial charge in [-0.3, -0.25) is 9.59 Å². The fraction of sp³-hybridized carbons (Fsp3) is 0.786. The molecule has 0 aromatic rings. The van der Waals surface area contributed by atoms with Crippen LogP contribution in [0.3, 0.4) is 0 Å². The lowest BCUT2D eigenvalue weighted by Gasteiger charge is -2.32. The van der Waals surface area contributed by atoms with Crippen LogP contribution in [0.4, 0.5) is 0 Å². The van der Waals surface area contributed by atoms with Gasteiger partial charge in [0.1, 0.15) is 5.78 Å². The first-order valence-electron chi connectivity index (χ1n) is 6.57. The molecule has 4 heteroatoms. The molecule has 0 bridgehead atoms. The molecule has 100 valence electrons. The number of carbonyl (C=O) groups is 2. The number of ketones is 1. The number of carbonyl (C=O) groups excluding carboxylic acids is 2. The van der Waals surface area contributed by atoms with E-state index in [1.165, 1.54) is 6.92 Å². The van der Waals surface area contributed by atoms with Gasteiger partial charge in [-0.1, -0.05) is 6.92 Å². The van der Waals surface area contributed by atoms with Crippen LogP contribution in [-0.2, 0) is 14.3 Å². The van der Waals surface area contributed by atoms with E-state index < -0.39 is 0 Å². The smallest absolute Gasteiger partial charge is 0.302 e. The highest BCUT2D eigenvalue weighted by atomic mass is 16.5. The monoisotopic (exact) mass is 251 g/mol. The molecule has 1 saturated carbocycles. The van der Waals surface area contributed by atoms with Crippen LogP contribution in [-0.4, -0.2) is 18.4 Å². The Hall–Kier alpha value is -1.37. The second-order valence-corrected chi connectivity index (χ2v) is 5.22. The van der Waals surface area contributed by atoms with E-state index in [0.29, 0.717) is 31.8 Å². The van der Waals surface area contributed by atoms with E-state index in [1.54, 1.807) is 0 Å². The summed E-state index contributed by atoms with van der Waals surface area (Å²) in [5.74, 6) is 0.546. The van der Waals surface area contributed by atoms with Crippen LogP contribution >= 0.6 is 0 Å². The van der Waals surface area contributed by atoms with Crippen LogP contribution in [0.2, 0.25) is 0 Å². The van der Waals surface area contributed by atoms with Gasteiger partial charge in [0.25, 0.3) is 0 Å². The molecule has 0 radical (unpaired) electrons. The van der Waals surface area contributed by atoms with Gasteiger partial charge in [0.05, 0.1) is 12.7 Å². The normalized spacial score (nSPS) is 27.6. The Morgan fingerprint density at radius 1 is 1.56 bits per heavy atom. The van der Waals surface area contributed by atoms with E-state index in [9.17, 15) is 9.59 Å². The first-order chi connectivity index (χ1) is 8.54. The molecule has 0 amide bonds. The largest absolute Gasteiger partial charge is 0.466 e. The summed E-state index contributed by atoms with van der Waals surface area (Å²) in [6.07, 6.45) is 3.46. The highest BCUT2D eigenvalue weighted by Crippen LogP contribution is 2.35. The lowest BCUT2D eigenvalue weighted by Crippen LogP contribution is -2.32. The van der Waals surface area contributed by atoms with Crippen molar-refractivity contribution < 1.29 is 14.3 Å². The van der Waals surface area contributed by atoms with Crippen molar-refractivity contribution >= 4 is 11.8 Å². The summed E-state index contributed by atoms with van der Waals surface area (Å²) in [5.41, 5.74) is 0. The molecule has 1 aliphatic carbocycles. The third kappa shape index (κ3) is 4.48. The number of nitriles is 1. The fourth-order valence-electron chi connectivity index (χ4n) is 2.78. The minimum atomic E-state index is -0.285. The van der Waals surface area contributed by atoms with E-state index >= 15 is 0 Å². The van der Waals surface area contributed by atoms with Crippen LogP contribution in [0.1, 0.15) is 46.0 Å². The van der Waals surface area contributed by atoms with Crippen LogP contribution in [0, 0.1) is 29.1 Å². The van der Waals surface area contributed by atoms with Crippen molar-refractivity contribution in [2.24, 2.45) is 17.8 Å².